The van der Waals surface area contributed by atoms with E-state index in [0.29, 0.717) is 10.9 Å². The van der Waals surface area contributed by atoms with Gasteiger partial charge in [0, 0.05) is 25.0 Å². The quantitative estimate of drug-likeness (QED) is 0.480. The lowest BCUT2D eigenvalue weighted by Crippen LogP contribution is -2.61. The number of carbonyl (C=O) groups is 4. The molecule has 2 unspecified atom stereocenters. The molecule has 2 heterocycles. The minimum atomic E-state index is -5.21. The largest absolute Gasteiger partial charge is 0.471 e. The first kappa shape index (κ1) is 30.1. The molecule has 0 spiro atoms. The van der Waals surface area contributed by atoms with Crippen LogP contribution in [0.15, 0.2) is 35.1 Å². The van der Waals surface area contributed by atoms with Crippen LogP contribution in [0.1, 0.15) is 46.2 Å². The third-order valence-corrected chi connectivity index (χ3v) is 8.47. The first-order valence-electron chi connectivity index (χ1n) is 13.1. The summed E-state index contributed by atoms with van der Waals surface area (Å²) in [6.45, 7) is 8.43. The molecule has 4 amide bonds. The number of piperidine rings is 1. The number of hydrogen-bond acceptors (Lipinski definition) is 5. The molecule has 1 aromatic carbocycles. The van der Waals surface area contributed by atoms with Crippen LogP contribution in [0.3, 0.4) is 0 Å². The Bertz CT molecular complexity index is 1490. The van der Waals surface area contributed by atoms with E-state index in [9.17, 15) is 37.1 Å². The summed E-state index contributed by atoms with van der Waals surface area (Å²) in [4.78, 5) is 65.9. The fourth-order valence-electron chi connectivity index (χ4n) is 6.05. The van der Waals surface area contributed by atoms with E-state index in [4.69, 9.17) is 5.73 Å². The monoisotopic (exact) mass is 577 g/mol. The van der Waals surface area contributed by atoms with Crippen molar-refractivity contribution in [2.75, 3.05) is 6.54 Å². The minimum Gasteiger partial charge on any atom is -0.368 e. The second kappa shape index (κ2) is 9.88. The van der Waals surface area contributed by atoms with Crippen molar-refractivity contribution in [2.24, 2.45) is 35.4 Å². The highest BCUT2D eigenvalue weighted by atomic mass is 19.4. The number of para-hydroxylation sites is 1. The van der Waals surface area contributed by atoms with Gasteiger partial charge >= 0.3 is 12.1 Å². The lowest BCUT2D eigenvalue weighted by atomic mass is 9.85. The van der Waals surface area contributed by atoms with Gasteiger partial charge in [0.25, 0.3) is 5.56 Å². The second-order valence-electron chi connectivity index (χ2n) is 12.5. The smallest absolute Gasteiger partial charge is 0.368 e. The van der Waals surface area contributed by atoms with Crippen LogP contribution >= 0.6 is 0 Å². The van der Waals surface area contributed by atoms with Crippen molar-refractivity contribution in [1.29, 1.82) is 0 Å². The van der Waals surface area contributed by atoms with E-state index in [1.54, 1.807) is 36.6 Å². The standard InChI is InChI=1S/C28H34F3N5O5/c1-26(2,3)21(34-25(41)28(29,30)31)24(40)36-12-15-18(27(15,4)5)20(36)23(39)33-19(22(32)38)14-11-17(37)35(6)16-10-8-7-9-13(14)16/h7-11,15,18-21H,12H2,1-6H3,(H2,32,38)(H,33,39)(H,34,41)/t15-,18-,19?,20-,21?/m0/s1. The molecule has 1 aromatic heterocycles. The molecule has 1 aliphatic heterocycles. The number of amides is 4. The van der Waals surface area contributed by atoms with Crippen LogP contribution in [0.5, 0.6) is 0 Å². The van der Waals surface area contributed by atoms with Crippen LogP contribution in [-0.2, 0) is 26.2 Å². The molecule has 1 aliphatic carbocycles. The lowest BCUT2D eigenvalue weighted by molar-refractivity contribution is -0.176. The molecule has 5 atom stereocenters. The summed E-state index contributed by atoms with van der Waals surface area (Å²) in [6, 6.07) is 3.82. The molecule has 0 bridgehead atoms. The van der Waals surface area contributed by atoms with E-state index in [-0.39, 0.29) is 29.4 Å². The minimum absolute atomic E-state index is 0.0824. The summed E-state index contributed by atoms with van der Waals surface area (Å²) in [5.74, 6) is -5.25. The molecule has 4 N–H and O–H groups in total. The number of nitrogens with two attached hydrogens (primary N) is 1. The zero-order valence-corrected chi connectivity index (χ0v) is 23.6. The zero-order valence-electron chi connectivity index (χ0n) is 23.6. The van der Waals surface area contributed by atoms with E-state index in [2.05, 4.69) is 5.32 Å². The van der Waals surface area contributed by atoms with E-state index < -0.39 is 58.9 Å². The van der Waals surface area contributed by atoms with E-state index >= 15 is 0 Å². The van der Waals surface area contributed by atoms with Gasteiger partial charge < -0.3 is 25.8 Å². The third-order valence-electron chi connectivity index (χ3n) is 8.47. The van der Waals surface area contributed by atoms with Crippen molar-refractivity contribution in [3.63, 3.8) is 0 Å². The Kier molecular flexibility index (Phi) is 7.24. The van der Waals surface area contributed by atoms with Crippen LogP contribution in [-0.4, -0.2) is 57.9 Å². The van der Waals surface area contributed by atoms with Crippen molar-refractivity contribution < 1.29 is 32.3 Å². The predicted octanol–water partition coefficient (Wildman–Crippen LogP) is 1.76. The molecule has 222 valence electrons. The molecule has 2 aromatic rings. The van der Waals surface area contributed by atoms with Crippen LogP contribution in [0.25, 0.3) is 10.9 Å². The van der Waals surface area contributed by atoms with Crippen molar-refractivity contribution in [1.82, 2.24) is 20.1 Å². The molecule has 4 rings (SSSR count). The molecule has 0 radical (unpaired) electrons. The number of benzene rings is 1. The van der Waals surface area contributed by atoms with Gasteiger partial charge in [-0.1, -0.05) is 52.8 Å². The highest BCUT2D eigenvalue weighted by molar-refractivity contribution is 5.98. The molecular weight excluding hydrogens is 543 g/mol. The summed E-state index contributed by atoms with van der Waals surface area (Å²) < 4.78 is 40.7. The van der Waals surface area contributed by atoms with Gasteiger partial charge in [-0.3, -0.25) is 24.0 Å². The fourth-order valence-corrected chi connectivity index (χ4v) is 6.05. The zero-order chi connectivity index (χ0) is 30.8. The number of fused-ring (bicyclic) bond motifs is 2. The molecule has 1 saturated carbocycles. The molecule has 10 nitrogen and oxygen atoms in total. The number of aromatic nitrogens is 1. The Labute approximate surface area is 234 Å². The van der Waals surface area contributed by atoms with Gasteiger partial charge in [0.15, 0.2) is 0 Å². The van der Waals surface area contributed by atoms with Crippen molar-refractivity contribution >= 4 is 34.5 Å². The number of rotatable bonds is 6. The van der Waals surface area contributed by atoms with Crippen molar-refractivity contribution in [3.8, 4) is 0 Å². The van der Waals surface area contributed by atoms with Crippen LogP contribution in [0.2, 0.25) is 0 Å². The van der Waals surface area contributed by atoms with Crippen molar-refractivity contribution in [3.05, 3.63) is 46.2 Å². The number of likely N-dealkylation sites (tertiary alicyclic amines) is 1. The van der Waals surface area contributed by atoms with Crippen LogP contribution in [0, 0.1) is 22.7 Å². The summed E-state index contributed by atoms with van der Waals surface area (Å²) in [5, 5.41) is 4.92. The first-order chi connectivity index (χ1) is 18.8. The molecular formula is C28H34F3N5O5. The number of nitrogens with zero attached hydrogens (tertiary/aromatic N) is 2. The molecule has 2 aliphatic rings. The number of hydrogen-bond donors (Lipinski definition) is 3. The average molecular weight is 578 g/mol. The Morgan fingerprint density at radius 2 is 1.68 bits per heavy atom. The number of halogens is 3. The van der Waals surface area contributed by atoms with Gasteiger partial charge in [0.05, 0.1) is 5.52 Å². The maximum absolute atomic E-state index is 13.9. The number of carbonyl (C=O) groups excluding carboxylic acids is 4. The van der Waals surface area contributed by atoms with Gasteiger partial charge in [-0.15, -0.1) is 0 Å². The lowest BCUT2D eigenvalue weighted by Gasteiger charge is -2.38. The molecule has 41 heavy (non-hydrogen) atoms. The number of nitrogens with one attached hydrogen (secondary N) is 2. The second-order valence-corrected chi connectivity index (χ2v) is 12.5. The summed E-state index contributed by atoms with van der Waals surface area (Å²) >= 11 is 0. The number of alkyl halides is 3. The van der Waals surface area contributed by atoms with Gasteiger partial charge in [-0.25, -0.2) is 0 Å². The summed E-state index contributed by atoms with van der Waals surface area (Å²) in [7, 11) is 1.56. The molecule has 13 heteroatoms. The highest BCUT2D eigenvalue weighted by Crippen LogP contribution is 2.65. The Morgan fingerprint density at radius 1 is 1.07 bits per heavy atom. The number of primary amides is 1. The van der Waals surface area contributed by atoms with E-state index in [1.807, 2.05) is 13.8 Å². The van der Waals surface area contributed by atoms with E-state index in [0.717, 1.165) is 0 Å². The van der Waals surface area contributed by atoms with Crippen LogP contribution < -0.4 is 21.9 Å². The maximum atomic E-state index is 13.9. The average Bonchev–Trinajstić information content (AvgIpc) is 3.19. The summed E-state index contributed by atoms with van der Waals surface area (Å²) in [5.41, 5.74) is 4.45. The highest BCUT2D eigenvalue weighted by Gasteiger charge is 2.70. The van der Waals surface area contributed by atoms with Gasteiger partial charge in [0.2, 0.25) is 17.7 Å². The Hall–Kier alpha value is -3.90. The molecule has 1 saturated heterocycles. The Morgan fingerprint density at radius 3 is 2.24 bits per heavy atom. The molecule has 2 fully saturated rings. The summed E-state index contributed by atoms with van der Waals surface area (Å²) in [6.07, 6.45) is -5.21. The van der Waals surface area contributed by atoms with Gasteiger partial charge in [-0.05, 0) is 34.3 Å². The topological polar surface area (TPSA) is 144 Å². The predicted molar refractivity (Wildman–Crippen MR) is 143 cm³/mol. The fraction of sp³-hybridized carbons (Fsp3) is 0.536. The van der Waals surface area contributed by atoms with Crippen molar-refractivity contribution in [2.45, 2.75) is 58.9 Å². The van der Waals surface area contributed by atoms with Gasteiger partial charge in [-0.2, -0.15) is 13.2 Å². The Balaban J connectivity index is 1.70. The number of aryl methyl sites for hydroxylation is 1. The number of pyridine rings is 1. The third kappa shape index (κ3) is 5.29. The van der Waals surface area contributed by atoms with E-state index in [1.165, 1.54) is 36.3 Å². The first-order valence-corrected chi connectivity index (χ1v) is 13.1. The SMILES string of the molecule is Cn1c(=O)cc(C(NC(=O)[C@@H]2[C@@H]3[C@H](CN2C(=O)C(NC(=O)C(F)(F)F)C(C)(C)C)C3(C)C)C(N)=O)c2ccccc21. The maximum Gasteiger partial charge on any atom is 0.471 e. The van der Waals surface area contributed by atoms with Gasteiger partial charge in [0.1, 0.15) is 18.1 Å². The normalized spacial score (nSPS) is 23.0. The van der Waals surface area contributed by atoms with Crippen LogP contribution in [0.4, 0.5) is 13.2 Å².